The number of carbonyl (C=O) groups excluding carboxylic acids is 1. The fourth-order valence-corrected chi connectivity index (χ4v) is 4.03. The zero-order valence-electron chi connectivity index (χ0n) is 17.1. The van der Waals surface area contributed by atoms with E-state index in [1.54, 1.807) is 19.2 Å². The van der Waals surface area contributed by atoms with Gasteiger partial charge in [-0.2, -0.15) is 0 Å². The minimum absolute atomic E-state index is 0.0228. The summed E-state index contributed by atoms with van der Waals surface area (Å²) in [5.41, 5.74) is 2.13. The molecule has 3 heterocycles. The molecule has 4 rings (SSSR count). The van der Waals surface area contributed by atoms with Crippen molar-refractivity contribution in [1.82, 2.24) is 19.8 Å². The summed E-state index contributed by atoms with van der Waals surface area (Å²) < 4.78 is 10.8. The average Bonchev–Trinajstić information content (AvgIpc) is 2.77. The van der Waals surface area contributed by atoms with Crippen LogP contribution in [-0.4, -0.2) is 66.1 Å². The van der Waals surface area contributed by atoms with Gasteiger partial charge in [-0.1, -0.05) is 0 Å². The second kappa shape index (κ2) is 8.78. The highest BCUT2D eigenvalue weighted by Crippen LogP contribution is 2.26. The number of piperidine rings is 1. The molecule has 1 aromatic carbocycles. The maximum absolute atomic E-state index is 12.6. The highest BCUT2D eigenvalue weighted by Gasteiger charge is 2.26. The quantitative estimate of drug-likeness (QED) is 0.772. The lowest BCUT2D eigenvalue weighted by Gasteiger charge is -2.31. The van der Waals surface area contributed by atoms with Crippen LogP contribution in [0.3, 0.4) is 0 Å². The topological polar surface area (TPSA) is 67.8 Å². The number of benzene rings is 1. The summed E-state index contributed by atoms with van der Waals surface area (Å²) in [6.07, 6.45) is 5.02. The van der Waals surface area contributed by atoms with E-state index in [2.05, 4.69) is 16.9 Å². The van der Waals surface area contributed by atoms with E-state index in [9.17, 15) is 4.79 Å². The Morgan fingerprint density at radius 3 is 2.76 bits per heavy atom. The molecule has 2 aliphatic heterocycles. The summed E-state index contributed by atoms with van der Waals surface area (Å²) in [6.45, 7) is 3.40. The Bertz CT molecular complexity index is 856. The van der Waals surface area contributed by atoms with Gasteiger partial charge in [0.2, 0.25) is 0 Å². The number of likely N-dealkylation sites (N-methyl/N-ethyl adjacent to an activating group) is 1. The first-order chi connectivity index (χ1) is 14.1. The predicted molar refractivity (Wildman–Crippen MR) is 109 cm³/mol. The standard InChI is InChI=1S/C22H28N4O3/c1-25-10-3-4-16(13-25)22-23-12-17-14-26(11-9-20(17)24-22)21(27)15-29-19-7-5-18(28-2)6-8-19/h5-8,12,16H,3-4,9-11,13-15H2,1-2H3/t16-/m0/s1. The zero-order chi connectivity index (χ0) is 20.2. The molecule has 154 valence electrons. The normalized spacial score (nSPS) is 19.5. The van der Waals surface area contributed by atoms with Crippen LogP contribution in [0.25, 0.3) is 0 Å². The number of carbonyl (C=O) groups is 1. The van der Waals surface area contributed by atoms with Gasteiger partial charge in [0, 0.05) is 43.7 Å². The highest BCUT2D eigenvalue weighted by molar-refractivity contribution is 5.78. The Labute approximate surface area is 171 Å². The van der Waals surface area contributed by atoms with Gasteiger partial charge in [0.1, 0.15) is 17.3 Å². The summed E-state index contributed by atoms with van der Waals surface area (Å²) in [5.74, 6) is 2.76. The number of aromatic nitrogens is 2. The fraction of sp³-hybridized carbons (Fsp3) is 0.500. The van der Waals surface area contributed by atoms with Crippen molar-refractivity contribution >= 4 is 5.91 Å². The molecular formula is C22H28N4O3. The Kier molecular flexibility index (Phi) is 5.94. The van der Waals surface area contributed by atoms with E-state index >= 15 is 0 Å². The third-order valence-corrected chi connectivity index (χ3v) is 5.72. The molecule has 1 fully saturated rings. The average molecular weight is 396 g/mol. The molecular weight excluding hydrogens is 368 g/mol. The maximum atomic E-state index is 12.6. The number of rotatable bonds is 5. The molecule has 0 aliphatic carbocycles. The number of hydrogen-bond acceptors (Lipinski definition) is 6. The van der Waals surface area contributed by atoms with Crippen LogP contribution in [0.4, 0.5) is 0 Å². The lowest BCUT2D eigenvalue weighted by molar-refractivity contribution is -0.134. The largest absolute Gasteiger partial charge is 0.497 e. The van der Waals surface area contributed by atoms with Crippen LogP contribution in [0.15, 0.2) is 30.5 Å². The van der Waals surface area contributed by atoms with Gasteiger partial charge < -0.3 is 19.3 Å². The molecule has 1 amide bonds. The molecule has 29 heavy (non-hydrogen) atoms. The van der Waals surface area contributed by atoms with E-state index in [1.807, 2.05) is 23.2 Å². The van der Waals surface area contributed by atoms with Crippen molar-refractivity contribution in [2.24, 2.45) is 0 Å². The maximum Gasteiger partial charge on any atom is 0.260 e. The van der Waals surface area contributed by atoms with E-state index in [0.29, 0.717) is 24.8 Å². The van der Waals surface area contributed by atoms with E-state index in [1.165, 1.54) is 6.42 Å². The Morgan fingerprint density at radius 1 is 1.21 bits per heavy atom. The van der Waals surface area contributed by atoms with Crippen molar-refractivity contribution in [3.05, 3.63) is 47.5 Å². The molecule has 0 unspecified atom stereocenters. The molecule has 0 spiro atoms. The predicted octanol–water partition coefficient (Wildman–Crippen LogP) is 2.26. The summed E-state index contributed by atoms with van der Waals surface area (Å²) in [6, 6.07) is 7.23. The Balaban J connectivity index is 1.34. The lowest BCUT2D eigenvalue weighted by Crippen LogP contribution is -2.39. The summed E-state index contributed by atoms with van der Waals surface area (Å²) in [7, 11) is 3.77. The molecule has 1 atom stereocenters. The molecule has 0 bridgehead atoms. The van der Waals surface area contributed by atoms with Gasteiger partial charge >= 0.3 is 0 Å². The first kappa shape index (κ1) is 19.6. The van der Waals surface area contributed by atoms with Gasteiger partial charge in [-0.3, -0.25) is 4.79 Å². The van der Waals surface area contributed by atoms with Crippen LogP contribution in [-0.2, 0) is 17.8 Å². The van der Waals surface area contributed by atoms with E-state index in [-0.39, 0.29) is 12.5 Å². The minimum atomic E-state index is -0.0237. The van der Waals surface area contributed by atoms with E-state index < -0.39 is 0 Å². The smallest absolute Gasteiger partial charge is 0.260 e. The third kappa shape index (κ3) is 4.67. The monoisotopic (exact) mass is 396 g/mol. The summed E-state index contributed by atoms with van der Waals surface area (Å²) in [4.78, 5) is 26.2. The van der Waals surface area contributed by atoms with Crippen LogP contribution >= 0.6 is 0 Å². The number of likely N-dealkylation sites (tertiary alicyclic amines) is 1. The molecule has 2 aromatic rings. The number of hydrogen-bond donors (Lipinski definition) is 0. The number of ether oxygens (including phenoxy) is 2. The van der Waals surface area contributed by atoms with Crippen LogP contribution in [0.2, 0.25) is 0 Å². The van der Waals surface area contributed by atoms with Gasteiger partial charge in [-0.25, -0.2) is 9.97 Å². The first-order valence-electron chi connectivity index (χ1n) is 10.2. The van der Waals surface area contributed by atoms with Gasteiger partial charge in [0.25, 0.3) is 5.91 Å². The molecule has 0 N–H and O–H groups in total. The SMILES string of the molecule is COc1ccc(OCC(=O)N2CCc3nc([C@H]4CCCN(C)C4)ncc3C2)cc1. The van der Waals surface area contributed by atoms with E-state index in [4.69, 9.17) is 14.5 Å². The molecule has 2 aliphatic rings. The highest BCUT2D eigenvalue weighted by atomic mass is 16.5. The second-order valence-electron chi connectivity index (χ2n) is 7.83. The van der Waals surface area contributed by atoms with Crippen LogP contribution in [0.1, 0.15) is 35.8 Å². The van der Waals surface area contributed by atoms with Crippen molar-refractivity contribution in [3.63, 3.8) is 0 Å². The zero-order valence-corrected chi connectivity index (χ0v) is 17.1. The molecule has 0 radical (unpaired) electrons. The number of methoxy groups -OCH3 is 1. The minimum Gasteiger partial charge on any atom is -0.497 e. The van der Waals surface area contributed by atoms with Gasteiger partial charge in [0.15, 0.2) is 6.61 Å². The van der Waals surface area contributed by atoms with Gasteiger partial charge in [-0.15, -0.1) is 0 Å². The van der Waals surface area contributed by atoms with Gasteiger partial charge in [0.05, 0.1) is 12.8 Å². The van der Waals surface area contributed by atoms with Crippen molar-refractivity contribution in [2.45, 2.75) is 31.7 Å². The molecule has 0 saturated carbocycles. The van der Waals surface area contributed by atoms with Crippen molar-refractivity contribution in [3.8, 4) is 11.5 Å². The van der Waals surface area contributed by atoms with Crippen molar-refractivity contribution in [2.75, 3.05) is 40.4 Å². The third-order valence-electron chi connectivity index (χ3n) is 5.72. The molecule has 7 heteroatoms. The molecule has 1 aromatic heterocycles. The number of nitrogens with zero attached hydrogens (tertiary/aromatic N) is 4. The van der Waals surface area contributed by atoms with Crippen LogP contribution in [0.5, 0.6) is 11.5 Å². The van der Waals surface area contributed by atoms with Crippen molar-refractivity contribution < 1.29 is 14.3 Å². The lowest BCUT2D eigenvalue weighted by atomic mass is 9.97. The van der Waals surface area contributed by atoms with E-state index in [0.717, 1.165) is 48.8 Å². The molecule has 7 nitrogen and oxygen atoms in total. The Hall–Kier alpha value is -2.67. The molecule has 1 saturated heterocycles. The second-order valence-corrected chi connectivity index (χ2v) is 7.83. The van der Waals surface area contributed by atoms with Crippen LogP contribution < -0.4 is 9.47 Å². The fourth-order valence-electron chi connectivity index (χ4n) is 4.03. The number of fused-ring (bicyclic) bond motifs is 1. The Morgan fingerprint density at radius 2 is 2.00 bits per heavy atom. The first-order valence-corrected chi connectivity index (χ1v) is 10.2. The summed E-state index contributed by atoms with van der Waals surface area (Å²) >= 11 is 0. The van der Waals surface area contributed by atoms with Crippen molar-refractivity contribution in [1.29, 1.82) is 0 Å². The number of amides is 1. The van der Waals surface area contributed by atoms with Crippen LogP contribution in [0, 0.1) is 0 Å². The van der Waals surface area contributed by atoms with Gasteiger partial charge in [-0.05, 0) is 50.7 Å². The summed E-state index contributed by atoms with van der Waals surface area (Å²) in [5, 5.41) is 0.